The van der Waals surface area contributed by atoms with E-state index in [1.54, 1.807) is 24.3 Å². The lowest BCUT2D eigenvalue weighted by atomic mass is 9.97. The molecule has 4 aliphatic rings. The van der Waals surface area contributed by atoms with Crippen LogP contribution in [0.1, 0.15) is 36.0 Å². The lowest BCUT2D eigenvalue weighted by Crippen LogP contribution is -2.55. The Kier molecular flexibility index (Phi) is 5.64. The van der Waals surface area contributed by atoms with E-state index in [4.69, 9.17) is 23.7 Å². The van der Waals surface area contributed by atoms with Crippen LogP contribution in [0.2, 0.25) is 0 Å². The van der Waals surface area contributed by atoms with Crippen LogP contribution < -0.4 is 0 Å². The van der Waals surface area contributed by atoms with Crippen LogP contribution in [-0.4, -0.2) is 73.1 Å². The molecule has 1 aromatic carbocycles. The summed E-state index contributed by atoms with van der Waals surface area (Å²) >= 11 is 0. The number of aliphatic hydroxyl groups is 1. The van der Waals surface area contributed by atoms with Gasteiger partial charge in [-0.05, 0) is 37.0 Å². The molecule has 0 bridgehead atoms. The number of benzene rings is 1. The van der Waals surface area contributed by atoms with Gasteiger partial charge in [0.2, 0.25) is 0 Å². The molecule has 1 N–H and O–H groups in total. The standard InChI is InChI=1S/C23H28O7/c1-13-9-15(26-11-13)7-8-16-10-17-20(28-16)22-21(29-17)19(24)18(12-27-22)30-23(25)14-5-3-2-4-6-14/h2-6,15-22,24H,1,7-12H2/t15-,16+,17+,18-,19-,20?,21-,22?/m0/s1. The Morgan fingerprint density at radius 1 is 1.07 bits per heavy atom. The first-order valence-electron chi connectivity index (χ1n) is 10.7. The fourth-order valence-corrected chi connectivity index (χ4v) is 4.93. The molecule has 0 aromatic heterocycles. The highest BCUT2D eigenvalue weighted by Gasteiger charge is 2.57. The Morgan fingerprint density at radius 3 is 2.63 bits per heavy atom. The number of hydrogen-bond acceptors (Lipinski definition) is 7. The van der Waals surface area contributed by atoms with E-state index in [0.29, 0.717) is 12.2 Å². The first kappa shape index (κ1) is 20.2. The molecule has 0 saturated carbocycles. The van der Waals surface area contributed by atoms with Gasteiger partial charge in [0.1, 0.15) is 24.4 Å². The number of rotatable bonds is 5. The van der Waals surface area contributed by atoms with Crippen molar-refractivity contribution in [3.05, 3.63) is 48.0 Å². The van der Waals surface area contributed by atoms with Crippen LogP contribution >= 0.6 is 0 Å². The Hall–Kier alpha value is -1.77. The van der Waals surface area contributed by atoms with Gasteiger partial charge in [-0.15, -0.1) is 0 Å². The van der Waals surface area contributed by atoms with Crippen molar-refractivity contribution in [3.63, 3.8) is 0 Å². The minimum atomic E-state index is -0.943. The maximum Gasteiger partial charge on any atom is 0.338 e. The van der Waals surface area contributed by atoms with Gasteiger partial charge in [0.05, 0.1) is 37.1 Å². The number of ether oxygens (including phenoxy) is 5. The normalized spacial score (nSPS) is 40.2. The molecule has 7 nitrogen and oxygen atoms in total. The highest BCUT2D eigenvalue weighted by atomic mass is 16.6. The monoisotopic (exact) mass is 416 g/mol. The summed E-state index contributed by atoms with van der Waals surface area (Å²) in [5, 5.41) is 10.8. The highest BCUT2D eigenvalue weighted by molar-refractivity contribution is 5.89. The molecule has 0 spiro atoms. The van der Waals surface area contributed by atoms with Gasteiger partial charge in [0, 0.05) is 6.42 Å². The summed E-state index contributed by atoms with van der Waals surface area (Å²) in [6.07, 6.45) is 0.995. The van der Waals surface area contributed by atoms with Gasteiger partial charge in [0.25, 0.3) is 0 Å². The van der Waals surface area contributed by atoms with Crippen molar-refractivity contribution in [3.8, 4) is 0 Å². The predicted molar refractivity (Wildman–Crippen MR) is 106 cm³/mol. The zero-order chi connectivity index (χ0) is 20.7. The summed E-state index contributed by atoms with van der Waals surface area (Å²) in [4.78, 5) is 12.3. The fraction of sp³-hybridized carbons (Fsp3) is 0.609. The van der Waals surface area contributed by atoms with Crippen molar-refractivity contribution in [1.82, 2.24) is 0 Å². The van der Waals surface area contributed by atoms with E-state index >= 15 is 0 Å². The van der Waals surface area contributed by atoms with Gasteiger partial charge in [-0.1, -0.05) is 24.8 Å². The smallest absolute Gasteiger partial charge is 0.338 e. The summed E-state index contributed by atoms with van der Waals surface area (Å²) in [5.74, 6) is -0.479. The molecule has 0 radical (unpaired) electrons. The Morgan fingerprint density at radius 2 is 1.87 bits per heavy atom. The molecule has 2 unspecified atom stereocenters. The third-order valence-corrected chi connectivity index (χ3v) is 6.48. The van der Waals surface area contributed by atoms with Crippen LogP contribution in [0.15, 0.2) is 42.5 Å². The third kappa shape index (κ3) is 3.92. The molecule has 1 aromatic rings. The van der Waals surface area contributed by atoms with E-state index in [-0.39, 0.29) is 37.1 Å². The minimum Gasteiger partial charge on any atom is -0.453 e. The molecule has 30 heavy (non-hydrogen) atoms. The summed E-state index contributed by atoms with van der Waals surface area (Å²) < 4.78 is 29.5. The average molecular weight is 416 g/mol. The van der Waals surface area contributed by atoms with Gasteiger partial charge < -0.3 is 28.8 Å². The van der Waals surface area contributed by atoms with Crippen molar-refractivity contribution in [2.75, 3.05) is 13.2 Å². The molecule has 0 amide bonds. The van der Waals surface area contributed by atoms with E-state index in [9.17, 15) is 9.90 Å². The first-order valence-corrected chi connectivity index (χ1v) is 10.7. The first-order chi connectivity index (χ1) is 14.6. The van der Waals surface area contributed by atoms with Crippen LogP contribution in [-0.2, 0) is 23.7 Å². The molecule has 7 heteroatoms. The number of fused-ring (bicyclic) bond motifs is 3. The van der Waals surface area contributed by atoms with E-state index in [2.05, 4.69) is 6.58 Å². The van der Waals surface area contributed by atoms with Crippen LogP contribution in [0.4, 0.5) is 0 Å². The van der Waals surface area contributed by atoms with Crippen molar-refractivity contribution in [1.29, 1.82) is 0 Å². The quantitative estimate of drug-likeness (QED) is 0.581. The molecule has 8 atom stereocenters. The van der Waals surface area contributed by atoms with E-state index in [1.807, 2.05) is 6.07 Å². The van der Waals surface area contributed by atoms with E-state index in [0.717, 1.165) is 31.3 Å². The molecule has 162 valence electrons. The molecule has 5 rings (SSSR count). The number of hydrogen-bond donors (Lipinski definition) is 1. The van der Waals surface area contributed by atoms with Gasteiger partial charge in [-0.3, -0.25) is 0 Å². The molecular weight excluding hydrogens is 388 g/mol. The second-order valence-corrected chi connectivity index (χ2v) is 8.66. The molecule has 0 aliphatic carbocycles. The van der Waals surface area contributed by atoms with Gasteiger partial charge in [0.15, 0.2) is 6.10 Å². The number of aliphatic hydroxyl groups excluding tert-OH is 1. The molecule has 4 aliphatic heterocycles. The zero-order valence-electron chi connectivity index (χ0n) is 16.9. The van der Waals surface area contributed by atoms with Gasteiger partial charge in [-0.2, -0.15) is 0 Å². The predicted octanol–water partition coefficient (Wildman–Crippen LogP) is 2.02. The number of esters is 1. The second-order valence-electron chi connectivity index (χ2n) is 8.66. The van der Waals surface area contributed by atoms with Gasteiger partial charge in [-0.25, -0.2) is 4.79 Å². The third-order valence-electron chi connectivity index (χ3n) is 6.48. The van der Waals surface area contributed by atoms with E-state index in [1.165, 1.54) is 0 Å². The number of carbonyl (C=O) groups is 1. The summed E-state index contributed by atoms with van der Waals surface area (Å²) in [6, 6.07) is 8.72. The van der Waals surface area contributed by atoms with Crippen molar-refractivity contribution in [2.24, 2.45) is 0 Å². The second kappa shape index (κ2) is 8.40. The topological polar surface area (TPSA) is 83.5 Å². The molecule has 4 fully saturated rings. The van der Waals surface area contributed by atoms with Gasteiger partial charge >= 0.3 is 5.97 Å². The maximum absolute atomic E-state index is 12.3. The number of carbonyl (C=O) groups excluding carboxylic acids is 1. The summed E-state index contributed by atoms with van der Waals surface area (Å²) in [6.45, 7) is 4.76. The van der Waals surface area contributed by atoms with Crippen molar-refractivity contribution >= 4 is 5.97 Å². The van der Waals surface area contributed by atoms with Crippen LogP contribution in [0.25, 0.3) is 0 Å². The maximum atomic E-state index is 12.3. The van der Waals surface area contributed by atoms with E-state index < -0.39 is 24.3 Å². The van der Waals surface area contributed by atoms with Crippen LogP contribution in [0.5, 0.6) is 0 Å². The largest absolute Gasteiger partial charge is 0.453 e. The van der Waals surface area contributed by atoms with Crippen LogP contribution in [0, 0.1) is 0 Å². The Balaban J connectivity index is 1.14. The summed E-state index contributed by atoms with van der Waals surface area (Å²) in [5.41, 5.74) is 1.60. The van der Waals surface area contributed by atoms with Crippen molar-refractivity contribution < 1.29 is 33.6 Å². The summed E-state index contributed by atoms with van der Waals surface area (Å²) in [7, 11) is 0. The lowest BCUT2D eigenvalue weighted by molar-refractivity contribution is -0.192. The minimum absolute atomic E-state index is 0.104. The molecule has 4 heterocycles. The molecule has 4 saturated heterocycles. The Labute approximate surface area is 175 Å². The Bertz CT molecular complexity index is 781. The highest BCUT2D eigenvalue weighted by Crippen LogP contribution is 2.41. The zero-order valence-corrected chi connectivity index (χ0v) is 16.9. The lowest BCUT2D eigenvalue weighted by Gasteiger charge is -2.36. The SMILES string of the molecule is C=C1CO[C@@H](CC[C@@H]2C[C@H]3O[C@@H]4C(OC[C@H](OC(=O)c5ccccc5)[C@@H]4O)C3O2)C1. The fourth-order valence-electron chi connectivity index (χ4n) is 4.93. The van der Waals surface area contributed by atoms with Crippen molar-refractivity contribution in [2.45, 2.75) is 74.5 Å². The van der Waals surface area contributed by atoms with Crippen LogP contribution in [0.3, 0.4) is 0 Å². The average Bonchev–Trinajstić information content (AvgIpc) is 3.43. The molecular formula is C23H28O7.